The fourth-order valence-corrected chi connectivity index (χ4v) is 2.89. The van der Waals surface area contributed by atoms with Crippen molar-refractivity contribution in [2.75, 3.05) is 6.61 Å². The van der Waals surface area contributed by atoms with E-state index < -0.39 is 0 Å². The van der Waals surface area contributed by atoms with Crippen molar-refractivity contribution in [1.82, 2.24) is 15.1 Å². The summed E-state index contributed by atoms with van der Waals surface area (Å²) >= 11 is 0. The maximum absolute atomic E-state index is 12.6. The van der Waals surface area contributed by atoms with Gasteiger partial charge in [-0.25, -0.2) is 0 Å². The summed E-state index contributed by atoms with van der Waals surface area (Å²) in [5.41, 5.74) is 2.76. The first-order valence-electron chi connectivity index (χ1n) is 8.79. The maximum atomic E-state index is 12.6. The molecule has 1 amide bonds. The summed E-state index contributed by atoms with van der Waals surface area (Å²) in [6.45, 7) is 0.791. The van der Waals surface area contributed by atoms with E-state index in [9.17, 15) is 4.79 Å². The van der Waals surface area contributed by atoms with Gasteiger partial charge in [0.25, 0.3) is 5.91 Å². The Hall–Kier alpha value is -2.92. The third kappa shape index (κ3) is 4.80. The minimum absolute atomic E-state index is 0.109. The van der Waals surface area contributed by atoms with Crippen LogP contribution in [0, 0.1) is 0 Å². The molecule has 3 aromatic rings. The number of nitrogens with zero attached hydrogens (tertiary/aromatic N) is 2. The van der Waals surface area contributed by atoms with Gasteiger partial charge in [0.2, 0.25) is 0 Å². The number of aliphatic hydroxyl groups excluding tert-OH is 1. The second-order valence-electron chi connectivity index (χ2n) is 6.20. The largest absolute Gasteiger partial charge is 0.396 e. The summed E-state index contributed by atoms with van der Waals surface area (Å²) < 4.78 is 1.84. The van der Waals surface area contributed by atoms with Crippen molar-refractivity contribution in [2.45, 2.75) is 25.4 Å². The molecule has 0 aliphatic carbocycles. The summed E-state index contributed by atoms with van der Waals surface area (Å²) in [6, 6.07) is 19.2. The number of carbonyl (C=O) groups excluding carboxylic acids is 1. The molecule has 1 heterocycles. The van der Waals surface area contributed by atoms with Gasteiger partial charge in [-0.05, 0) is 42.2 Å². The molecule has 2 aromatic carbocycles. The van der Waals surface area contributed by atoms with Crippen molar-refractivity contribution >= 4 is 5.91 Å². The molecule has 3 rings (SSSR count). The number of benzene rings is 2. The lowest BCUT2D eigenvalue weighted by Crippen LogP contribution is -2.28. The van der Waals surface area contributed by atoms with Gasteiger partial charge in [0.15, 0.2) is 0 Å². The van der Waals surface area contributed by atoms with Gasteiger partial charge < -0.3 is 10.4 Å². The van der Waals surface area contributed by atoms with Crippen molar-refractivity contribution in [1.29, 1.82) is 0 Å². The van der Waals surface area contributed by atoms with Crippen molar-refractivity contribution in [3.05, 3.63) is 89.7 Å². The molecule has 26 heavy (non-hydrogen) atoms. The molecular weight excluding hydrogens is 326 g/mol. The summed E-state index contributed by atoms with van der Waals surface area (Å²) in [5.74, 6) is -0.109. The number of rotatable bonds is 8. The Bertz CT molecular complexity index is 799. The maximum Gasteiger partial charge on any atom is 0.251 e. The Morgan fingerprint density at radius 3 is 2.50 bits per heavy atom. The van der Waals surface area contributed by atoms with E-state index in [1.54, 1.807) is 6.20 Å². The topological polar surface area (TPSA) is 67.2 Å². The zero-order chi connectivity index (χ0) is 18.2. The average molecular weight is 349 g/mol. The van der Waals surface area contributed by atoms with Crippen LogP contribution in [0.5, 0.6) is 0 Å². The number of aromatic nitrogens is 2. The van der Waals surface area contributed by atoms with Gasteiger partial charge in [0.1, 0.15) is 0 Å². The number of amides is 1. The fourth-order valence-electron chi connectivity index (χ4n) is 2.89. The van der Waals surface area contributed by atoms with Gasteiger partial charge in [-0.1, -0.05) is 42.5 Å². The molecule has 1 atom stereocenters. The van der Waals surface area contributed by atoms with Gasteiger partial charge >= 0.3 is 0 Å². The molecule has 5 nitrogen and oxygen atoms in total. The van der Waals surface area contributed by atoms with Gasteiger partial charge in [-0.15, -0.1) is 0 Å². The van der Waals surface area contributed by atoms with Crippen molar-refractivity contribution in [3.63, 3.8) is 0 Å². The van der Waals surface area contributed by atoms with Crippen LogP contribution < -0.4 is 5.32 Å². The van der Waals surface area contributed by atoms with Crippen LogP contribution in [0.25, 0.3) is 0 Å². The molecular formula is C21H23N3O2. The highest BCUT2D eigenvalue weighted by molar-refractivity contribution is 5.94. The van der Waals surface area contributed by atoms with Crippen LogP contribution in [-0.2, 0) is 6.54 Å². The molecule has 1 unspecified atom stereocenters. The molecule has 0 bridgehead atoms. The van der Waals surface area contributed by atoms with Crippen molar-refractivity contribution in [3.8, 4) is 0 Å². The predicted molar refractivity (Wildman–Crippen MR) is 101 cm³/mol. The Kier molecular flexibility index (Phi) is 6.17. The van der Waals surface area contributed by atoms with E-state index in [-0.39, 0.29) is 18.6 Å². The van der Waals surface area contributed by atoms with Crippen LogP contribution in [0.2, 0.25) is 0 Å². The third-order valence-corrected chi connectivity index (χ3v) is 4.28. The molecule has 0 saturated carbocycles. The first kappa shape index (κ1) is 17.9. The van der Waals surface area contributed by atoms with Crippen molar-refractivity contribution in [2.24, 2.45) is 0 Å². The van der Waals surface area contributed by atoms with Gasteiger partial charge in [-0.2, -0.15) is 5.10 Å². The fraction of sp³-hybridized carbons (Fsp3) is 0.238. The normalized spacial score (nSPS) is 11.9. The molecule has 0 aliphatic heterocycles. The molecule has 0 radical (unpaired) electrons. The Labute approximate surface area is 153 Å². The molecule has 2 N–H and O–H groups in total. The number of hydrogen-bond acceptors (Lipinski definition) is 3. The monoisotopic (exact) mass is 349 g/mol. The van der Waals surface area contributed by atoms with E-state index in [0.29, 0.717) is 24.9 Å². The van der Waals surface area contributed by atoms with Gasteiger partial charge in [0.05, 0.1) is 12.6 Å². The Morgan fingerprint density at radius 1 is 1.08 bits per heavy atom. The van der Waals surface area contributed by atoms with E-state index in [1.165, 1.54) is 0 Å². The zero-order valence-corrected chi connectivity index (χ0v) is 14.6. The van der Waals surface area contributed by atoms with E-state index in [4.69, 9.17) is 5.11 Å². The standard InChI is InChI=1S/C21H23N3O2/c25-15-4-8-20(18-6-2-1-3-7-18)23-21(26)19-11-9-17(10-12-19)16-24-14-5-13-22-24/h1-3,5-7,9-14,20,25H,4,8,15-16H2,(H,23,26). The average Bonchev–Trinajstić information content (AvgIpc) is 3.19. The van der Waals surface area contributed by atoms with Gasteiger partial charge in [-0.3, -0.25) is 9.48 Å². The quantitative estimate of drug-likeness (QED) is 0.656. The van der Waals surface area contributed by atoms with Crippen LogP contribution >= 0.6 is 0 Å². The molecule has 5 heteroatoms. The zero-order valence-electron chi connectivity index (χ0n) is 14.6. The molecule has 0 fully saturated rings. The SMILES string of the molecule is O=C(NC(CCCO)c1ccccc1)c1ccc(Cn2cccn2)cc1. The first-order valence-corrected chi connectivity index (χ1v) is 8.79. The summed E-state index contributed by atoms with van der Waals surface area (Å²) in [5, 5.41) is 16.4. The number of nitrogens with one attached hydrogen (secondary N) is 1. The smallest absolute Gasteiger partial charge is 0.251 e. The minimum atomic E-state index is -0.111. The lowest BCUT2D eigenvalue weighted by Gasteiger charge is -2.19. The molecule has 0 saturated heterocycles. The first-order chi connectivity index (χ1) is 12.8. The molecule has 134 valence electrons. The Morgan fingerprint density at radius 2 is 1.85 bits per heavy atom. The predicted octanol–water partition coefficient (Wildman–Crippen LogP) is 3.18. The van der Waals surface area contributed by atoms with Crippen LogP contribution in [0.15, 0.2) is 73.1 Å². The molecule has 0 spiro atoms. The van der Waals surface area contributed by atoms with Crippen LogP contribution in [0.1, 0.15) is 40.4 Å². The lowest BCUT2D eigenvalue weighted by molar-refractivity contribution is 0.0932. The second-order valence-corrected chi connectivity index (χ2v) is 6.20. The highest BCUT2D eigenvalue weighted by Crippen LogP contribution is 2.19. The summed E-state index contributed by atoms with van der Waals surface area (Å²) in [6.07, 6.45) is 5.00. The second kappa shape index (κ2) is 8.97. The number of aliphatic hydroxyl groups is 1. The van der Waals surface area contributed by atoms with Crippen LogP contribution in [-0.4, -0.2) is 27.4 Å². The summed E-state index contributed by atoms with van der Waals surface area (Å²) in [4.78, 5) is 12.6. The highest BCUT2D eigenvalue weighted by atomic mass is 16.3. The van der Waals surface area contributed by atoms with E-state index in [2.05, 4.69) is 10.4 Å². The minimum Gasteiger partial charge on any atom is -0.396 e. The van der Waals surface area contributed by atoms with E-state index in [0.717, 1.165) is 11.1 Å². The highest BCUT2D eigenvalue weighted by Gasteiger charge is 2.15. The third-order valence-electron chi connectivity index (χ3n) is 4.28. The Balaban J connectivity index is 1.66. The number of carbonyl (C=O) groups is 1. The van der Waals surface area contributed by atoms with Crippen molar-refractivity contribution < 1.29 is 9.90 Å². The van der Waals surface area contributed by atoms with Crippen LogP contribution in [0.4, 0.5) is 0 Å². The summed E-state index contributed by atoms with van der Waals surface area (Å²) in [7, 11) is 0. The van der Waals surface area contributed by atoms with Crippen LogP contribution in [0.3, 0.4) is 0 Å². The molecule has 0 aliphatic rings. The van der Waals surface area contributed by atoms with Gasteiger partial charge in [0, 0.05) is 24.6 Å². The number of hydrogen-bond donors (Lipinski definition) is 2. The van der Waals surface area contributed by atoms with E-state index in [1.807, 2.05) is 71.5 Å². The van der Waals surface area contributed by atoms with E-state index >= 15 is 0 Å². The molecule has 1 aromatic heterocycles. The lowest BCUT2D eigenvalue weighted by atomic mass is 10.0.